The van der Waals surface area contributed by atoms with Gasteiger partial charge in [-0.05, 0) is 24.8 Å². The molecule has 0 amide bonds. The maximum Gasteiger partial charge on any atom is -0.00490 e. The highest BCUT2D eigenvalue weighted by molar-refractivity contribution is 4.58. The van der Waals surface area contributed by atoms with Gasteiger partial charge in [-0.1, -0.05) is 52.9 Å². The number of nitrogens with two attached hydrogens (primary N) is 1. The highest BCUT2D eigenvalue weighted by atomic mass is 14.5. The lowest BCUT2D eigenvalue weighted by Gasteiger charge is -2.12. The van der Waals surface area contributed by atoms with Gasteiger partial charge >= 0.3 is 0 Å². The zero-order valence-electron chi connectivity index (χ0n) is 9.68. The van der Waals surface area contributed by atoms with Crippen LogP contribution in [0.1, 0.15) is 59.3 Å². The van der Waals surface area contributed by atoms with Crippen LogP contribution in [0.3, 0.4) is 0 Å². The van der Waals surface area contributed by atoms with Crippen molar-refractivity contribution in [3.05, 3.63) is 0 Å². The lowest BCUT2D eigenvalue weighted by atomic mass is 9.95. The lowest BCUT2D eigenvalue weighted by molar-refractivity contribution is 0.422. The van der Waals surface area contributed by atoms with Gasteiger partial charge in [-0.3, -0.25) is 0 Å². The van der Waals surface area contributed by atoms with Gasteiger partial charge in [0.1, 0.15) is 0 Å². The summed E-state index contributed by atoms with van der Waals surface area (Å²) < 4.78 is 0. The van der Waals surface area contributed by atoms with Crippen LogP contribution < -0.4 is 5.73 Å². The van der Waals surface area contributed by atoms with Crippen LogP contribution in [0.25, 0.3) is 0 Å². The molecule has 0 saturated carbocycles. The molecule has 0 aliphatic rings. The summed E-state index contributed by atoms with van der Waals surface area (Å²) in [6.45, 7) is 7.74. The first-order valence-corrected chi connectivity index (χ1v) is 5.94. The molecule has 0 rings (SSSR count). The van der Waals surface area contributed by atoms with Crippen molar-refractivity contribution >= 4 is 0 Å². The molecule has 2 unspecified atom stereocenters. The molecule has 0 heterocycles. The van der Waals surface area contributed by atoms with Crippen molar-refractivity contribution in [1.29, 1.82) is 0 Å². The van der Waals surface area contributed by atoms with Crippen molar-refractivity contribution in [2.45, 2.75) is 59.3 Å². The first kappa shape index (κ1) is 13.0. The minimum Gasteiger partial charge on any atom is -0.330 e. The van der Waals surface area contributed by atoms with E-state index in [1.807, 2.05) is 0 Å². The van der Waals surface area contributed by atoms with Gasteiger partial charge in [0.2, 0.25) is 0 Å². The van der Waals surface area contributed by atoms with E-state index in [0.29, 0.717) is 0 Å². The molecule has 0 bridgehead atoms. The molecule has 0 aromatic heterocycles. The molecule has 0 aromatic carbocycles. The molecule has 1 heteroatoms. The molecular weight excluding hydrogens is 158 g/mol. The van der Waals surface area contributed by atoms with Gasteiger partial charge in [-0.15, -0.1) is 0 Å². The van der Waals surface area contributed by atoms with Crippen molar-refractivity contribution in [3.63, 3.8) is 0 Å². The van der Waals surface area contributed by atoms with Crippen molar-refractivity contribution in [2.75, 3.05) is 6.54 Å². The SMILES string of the molecule is CCC(C)CCCCC(CC)CN. The molecule has 0 aliphatic heterocycles. The summed E-state index contributed by atoms with van der Waals surface area (Å²) in [5.41, 5.74) is 5.65. The standard InChI is InChI=1S/C12H27N/c1-4-11(3)8-6-7-9-12(5-2)10-13/h11-12H,4-10,13H2,1-3H3. The van der Waals surface area contributed by atoms with E-state index in [2.05, 4.69) is 20.8 Å². The van der Waals surface area contributed by atoms with Crippen molar-refractivity contribution in [1.82, 2.24) is 0 Å². The summed E-state index contributed by atoms with van der Waals surface area (Å²) in [4.78, 5) is 0. The van der Waals surface area contributed by atoms with Gasteiger partial charge in [0, 0.05) is 0 Å². The summed E-state index contributed by atoms with van der Waals surface area (Å²) >= 11 is 0. The first-order valence-electron chi connectivity index (χ1n) is 5.94. The van der Waals surface area contributed by atoms with Crippen molar-refractivity contribution in [2.24, 2.45) is 17.6 Å². The molecule has 1 nitrogen and oxygen atoms in total. The first-order chi connectivity index (χ1) is 6.24. The van der Waals surface area contributed by atoms with Gasteiger partial charge in [0.25, 0.3) is 0 Å². The lowest BCUT2D eigenvalue weighted by Crippen LogP contribution is -2.13. The second-order valence-electron chi connectivity index (χ2n) is 4.31. The molecular formula is C12H27N. The predicted molar refractivity (Wildman–Crippen MR) is 60.8 cm³/mol. The van der Waals surface area contributed by atoms with Crippen LogP contribution in [0.5, 0.6) is 0 Å². The van der Waals surface area contributed by atoms with Crippen LogP contribution in [0, 0.1) is 11.8 Å². The average Bonchev–Trinajstić information content (AvgIpc) is 2.18. The van der Waals surface area contributed by atoms with E-state index in [-0.39, 0.29) is 0 Å². The topological polar surface area (TPSA) is 26.0 Å². The minimum absolute atomic E-state index is 0.775. The molecule has 0 radical (unpaired) electrons. The zero-order chi connectivity index (χ0) is 10.1. The Bertz CT molecular complexity index is 97.3. The Hall–Kier alpha value is -0.0400. The molecule has 0 saturated heterocycles. The largest absolute Gasteiger partial charge is 0.330 e. The normalized spacial score (nSPS) is 15.7. The van der Waals surface area contributed by atoms with Crippen LogP contribution in [0.4, 0.5) is 0 Å². The monoisotopic (exact) mass is 185 g/mol. The summed E-state index contributed by atoms with van der Waals surface area (Å²) in [7, 11) is 0. The summed E-state index contributed by atoms with van der Waals surface area (Å²) in [6, 6.07) is 0. The fourth-order valence-electron chi connectivity index (χ4n) is 1.62. The second-order valence-corrected chi connectivity index (χ2v) is 4.31. The summed E-state index contributed by atoms with van der Waals surface area (Å²) in [5, 5.41) is 0. The Balaban J connectivity index is 3.23. The fraction of sp³-hybridized carbons (Fsp3) is 1.00. The molecule has 0 fully saturated rings. The third kappa shape index (κ3) is 7.06. The van der Waals surface area contributed by atoms with E-state index >= 15 is 0 Å². The molecule has 2 atom stereocenters. The minimum atomic E-state index is 0.775. The third-order valence-electron chi connectivity index (χ3n) is 3.17. The maximum absolute atomic E-state index is 5.65. The predicted octanol–water partition coefficient (Wildman–Crippen LogP) is 3.58. The number of rotatable bonds is 8. The number of hydrogen-bond donors (Lipinski definition) is 1. The molecule has 2 N–H and O–H groups in total. The van der Waals surface area contributed by atoms with Gasteiger partial charge in [0.05, 0.1) is 0 Å². The molecule has 0 spiro atoms. The van der Waals surface area contributed by atoms with E-state index in [4.69, 9.17) is 5.73 Å². The van der Waals surface area contributed by atoms with Crippen LogP contribution in [0.15, 0.2) is 0 Å². The highest BCUT2D eigenvalue weighted by Gasteiger charge is 2.03. The zero-order valence-corrected chi connectivity index (χ0v) is 9.68. The van der Waals surface area contributed by atoms with Gasteiger partial charge in [-0.25, -0.2) is 0 Å². The summed E-state index contributed by atoms with van der Waals surface area (Å²) in [6.07, 6.45) is 8.08. The van der Waals surface area contributed by atoms with Crippen LogP contribution >= 0.6 is 0 Å². The Morgan fingerprint density at radius 3 is 2.08 bits per heavy atom. The molecule has 0 aliphatic carbocycles. The number of unbranched alkanes of at least 4 members (excludes halogenated alkanes) is 1. The van der Waals surface area contributed by atoms with Crippen LogP contribution in [0.2, 0.25) is 0 Å². The quantitative estimate of drug-likeness (QED) is 0.575. The number of hydrogen-bond acceptors (Lipinski definition) is 1. The second kappa shape index (κ2) is 8.55. The molecule has 80 valence electrons. The van der Waals surface area contributed by atoms with E-state index in [1.54, 1.807) is 0 Å². The molecule has 0 aromatic rings. The van der Waals surface area contributed by atoms with E-state index < -0.39 is 0 Å². The smallest absolute Gasteiger partial charge is 0.00490 e. The molecule has 13 heavy (non-hydrogen) atoms. The van der Waals surface area contributed by atoms with E-state index in [0.717, 1.165) is 18.4 Å². The third-order valence-corrected chi connectivity index (χ3v) is 3.17. The van der Waals surface area contributed by atoms with Crippen LogP contribution in [-0.2, 0) is 0 Å². The van der Waals surface area contributed by atoms with Gasteiger partial charge in [-0.2, -0.15) is 0 Å². The van der Waals surface area contributed by atoms with E-state index in [9.17, 15) is 0 Å². The maximum atomic E-state index is 5.65. The fourth-order valence-corrected chi connectivity index (χ4v) is 1.62. The van der Waals surface area contributed by atoms with Gasteiger partial charge in [0.15, 0.2) is 0 Å². The highest BCUT2D eigenvalue weighted by Crippen LogP contribution is 2.16. The Kier molecular flexibility index (Phi) is 8.53. The summed E-state index contributed by atoms with van der Waals surface area (Å²) in [5.74, 6) is 1.69. The average molecular weight is 185 g/mol. The van der Waals surface area contributed by atoms with Crippen LogP contribution in [-0.4, -0.2) is 6.54 Å². The van der Waals surface area contributed by atoms with Gasteiger partial charge < -0.3 is 5.73 Å². The van der Waals surface area contributed by atoms with Crippen molar-refractivity contribution in [3.8, 4) is 0 Å². The van der Waals surface area contributed by atoms with E-state index in [1.165, 1.54) is 38.5 Å². The van der Waals surface area contributed by atoms with Crippen molar-refractivity contribution < 1.29 is 0 Å². The Morgan fingerprint density at radius 2 is 1.62 bits per heavy atom. The Morgan fingerprint density at radius 1 is 1.00 bits per heavy atom. The Labute approximate surface area is 84.1 Å².